The normalized spacial score (nSPS) is 10.9. The van der Waals surface area contributed by atoms with E-state index >= 15 is 0 Å². The first-order valence-electron chi connectivity index (χ1n) is 5.51. The van der Waals surface area contributed by atoms with Gasteiger partial charge < -0.3 is 10.1 Å². The Bertz CT molecular complexity index is 586. The highest BCUT2D eigenvalue weighted by Crippen LogP contribution is 2.39. The maximum atomic E-state index is 12.7. The predicted octanol–water partition coefficient (Wildman–Crippen LogP) is 2.12. The average molecular weight is 306 g/mol. The van der Waals surface area contributed by atoms with Crippen molar-refractivity contribution in [2.75, 3.05) is 11.9 Å². The predicted molar refractivity (Wildman–Crippen MR) is 63.4 cm³/mol. The molecule has 0 atom stereocenters. The SMILES string of the molecule is CCOC(=O)C(=O)Nc1cccc(C(F)(F)F)c1[N+](=O)[O-]. The van der Waals surface area contributed by atoms with Crippen LogP contribution in [0.2, 0.25) is 0 Å². The number of halogens is 3. The summed E-state index contributed by atoms with van der Waals surface area (Å²) < 4.78 is 42.4. The van der Waals surface area contributed by atoms with Crippen LogP contribution in [0, 0.1) is 10.1 Å². The Balaban J connectivity index is 3.22. The second kappa shape index (κ2) is 6.20. The van der Waals surface area contributed by atoms with Crippen molar-refractivity contribution in [1.29, 1.82) is 0 Å². The molecule has 1 aromatic carbocycles. The number of benzene rings is 1. The lowest BCUT2D eigenvalue weighted by atomic mass is 10.1. The molecule has 0 fully saturated rings. The molecule has 10 heteroatoms. The van der Waals surface area contributed by atoms with E-state index in [4.69, 9.17) is 0 Å². The summed E-state index contributed by atoms with van der Waals surface area (Å²) in [6, 6.07) is 2.25. The van der Waals surface area contributed by atoms with Crippen LogP contribution >= 0.6 is 0 Å². The molecule has 0 radical (unpaired) electrons. The number of alkyl halides is 3. The van der Waals surface area contributed by atoms with Gasteiger partial charge in [-0.1, -0.05) is 6.07 Å². The Morgan fingerprint density at radius 1 is 1.38 bits per heavy atom. The van der Waals surface area contributed by atoms with Crippen LogP contribution in [0.3, 0.4) is 0 Å². The van der Waals surface area contributed by atoms with Gasteiger partial charge in [0, 0.05) is 0 Å². The zero-order valence-corrected chi connectivity index (χ0v) is 10.6. The van der Waals surface area contributed by atoms with Crippen molar-refractivity contribution in [3.8, 4) is 0 Å². The molecule has 0 bridgehead atoms. The second-order valence-electron chi connectivity index (χ2n) is 3.63. The van der Waals surface area contributed by atoms with Gasteiger partial charge in [0.1, 0.15) is 11.3 Å². The number of anilines is 1. The first kappa shape index (κ1) is 16.4. The van der Waals surface area contributed by atoms with E-state index in [0.29, 0.717) is 6.07 Å². The van der Waals surface area contributed by atoms with Gasteiger partial charge in [-0.3, -0.25) is 14.9 Å². The van der Waals surface area contributed by atoms with Gasteiger partial charge in [-0.25, -0.2) is 4.79 Å². The van der Waals surface area contributed by atoms with Crippen LogP contribution in [0.1, 0.15) is 12.5 Å². The fourth-order valence-electron chi connectivity index (χ4n) is 1.44. The maximum absolute atomic E-state index is 12.7. The van der Waals surface area contributed by atoms with Crippen molar-refractivity contribution in [3.05, 3.63) is 33.9 Å². The van der Waals surface area contributed by atoms with Gasteiger partial charge in [-0.15, -0.1) is 0 Å². The number of carbonyl (C=O) groups is 2. The van der Waals surface area contributed by atoms with Crippen LogP contribution < -0.4 is 5.32 Å². The lowest BCUT2D eigenvalue weighted by Crippen LogP contribution is -2.25. The van der Waals surface area contributed by atoms with Crippen molar-refractivity contribution in [1.82, 2.24) is 0 Å². The summed E-state index contributed by atoms with van der Waals surface area (Å²) in [5.41, 5.74) is -3.62. The highest BCUT2D eigenvalue weighted by molar-refractivity contribution is 6.37. The molecule has 0 unspecified atom stereocenters. The molecule has 0 saturated carbocycles. The number of nitrogens with zero attached hydrogens (tertiary/aromatic N) is 1. The molecule has 7 nitrogen and oxygen atoms in total. The number of amides is 1. The number of hydrogen-bond donors (Lipinski definition) is 1. The third kappa shape index (κ3) is 3.91. The summed E-state index contributed by atoms with van der Waals surface area (Å²) in [7, 11) is 0. The van der Waals surface area contributed by atoms with Gasteiger partial charge in [0.15, 0.2) is 0 Å². The Morgan fingerprint density at radius 3 is 2.48 bits per heavy atom. The topological polar surface area (TPSA) is 98.5 Å². The molecule has 0 aromatic heterocycles. The molecule has 1 rings (SSSR count). The van der Waals surface area contributed by atoms with E-state index in [1.807, 2.05) is 0 Å². The van der Waals surface area contributed by atoms with Gasteiger partial charge in [0.05, 0.1) is 11.5 Å². The molecule has 21 heavy (non-hydrogen) atoms. The molecule has 114 valence electrons. The first-order chi connectivity index (χ1) is 9.68. The van der Waals surface area contributed by atoms with Crippen molar-refractivity contribution in [2.24, 2.45) is 0 Å². The molecular formula is C11H9F3N2O5. The lowest BCUT2D eigenvalue weighted by Gasteiger charge is -2.11. The Morgan fingerprint density at radius 2 is 2.00 bits per heavy atom. The number of ether oxygens (including phenoxy) is 1. The van der Waals surface area contributed by atoms with Gasteiger partial charge in [-0.05, 0) is 19.1 Å². The van der Waals surface area contributed by atoms with E-state index in [9.17, 15) is 32.9 Å². The molecule has 0 saturated heterocycles. The first-order valence-corrected chi connectivity index (χ1v) is 5.51. The van der Waals surface area contributed by atoms with E-state index in [2.05, 4.69) is 4.74 Å². The van der Waals surface area contributed by atoms with Crippen LogP contribution in [0.15, 0.2) is 18.2 Å². The molecule has 0 aliphatic carbocycles. The van der Waals surface area contributed by atoms with Gasteiger partial charge in [0.25, 0.3) is 0 Å². The summed E-state index contributed by atoms with van der Waals surface area (Å²) in [6.07, 6.45) is -4.98. The number of hydrogen-bond acceptors (Lipinski definition) is 5. The van der Waals surface area contributed by atoms with Crippen LogP contribution in [0.4, 0.5) is 24.5 Å². The molecule has 0 aliphatic heterocycles. The average Bonchev–Trinajstić information content (AvgIpc) is 2.37. The van der Waals surface area contributed by atoms with Crippen LogP contribution in [-0.4, -0.2) is 23.4 Å². The van der Waals surface area contributed by atoms with Gasteiger partial charge in [-0.2, -0.15) is 13.2 Å². The van der Waals surface area contributed by atoms with Crippen molar-refractivity contribution >= 4 is 23.3 Å². The number of esters is 1. The van der Waals surface area contributed by atoms with Crippen molar-refractivity contribution < 1.29 is 32.4 Å². The van der Waals surface area contributed by atoms with E-state index in [1.165, 1.54) is 6.92 Å². The monoisotopic (exact) mass is 306 g/mol. The smallest absolute Gasteiger partial charge is 0.423 e. The fraction of sp³-hybridized carbons (Fsp3) is 0.273. The largest absolute Gasteiger partial charge is 0.459 e. The Labute approximate surface area is 115 Å². The van der Waals surface area contributed by atoms with Gasteiger partial charge in [0.2, 0.25) is 0 Å². The molecule has 0 spiro atoms. The number of rotatable bonds is 3. The molecular weight excluding hydrogens is 297 g/mol. The zero-order valence-electron chi connectivity index (χ0n) is 10.6. The van der Waals surface area contributed by atoms with E-state index in [0.717, 1.165) is 12.1 Å². The number of carbonyl (C=O) groups excluding carboxylic acids is 2. The Hall–Kier alpha value is -2.65. The van der Waals surface area contributed by atoms with Crippen molar-refractivity contribution in [3.63, 3.8) is 0 Å². The van der Waals surface area contributed by atoms with Crippen LogP contribution in [-0.2, 0) is 20.5 Å². The summed E-state index contributed by atoms with van der Waals surface area (Å²) in [4.78, 5) is 31.9. The number of nitro groups is 1. The second-order valence-corrected chi connectivity index (χ2v) is 3.63. The van der Waals surface area contributed by atoms with E-state index in [1.54, 1.807) is 5.32 Å². The minimum atomic E-state index is -4.98. The zero-order chi connectivity index (χ0) is 16.2. The number of para-hydroxylation sites is 1. The minimum absolute atomic E-state index is 0.128. The van der Waals surface area contributed by atoms with E-state index in [-0.39, 0.29) is 6.61 Å². The standard InChI is InChI=1S/C11H9F3N2O5/c1-2-21-10(18)9(17)15-7-5-3-4-6(11(12,13)14)8(7)16(19)20/h3-5H,2H2,1H3,(H,15,17). The third-order valence-electron chi connectivity index (χ3n) is 2.23. The lowest BCUT2D eigenvalue weighted by molar-refractivity contribution is -0.387. The highest BCUT2D eigenvalue weighted by Gasteiger charge is 2.40. The molecule has 1 N–H and O–H groups in total. The maximum Gasteiger partial charge on any atom is 0.423 e. The fourth-order valence-corrected chi connectivity index (χ4v) is 1.44. The quantitative estimate of drug-likeness (QED) is 0.399. The van der Waals surface area contributed by atoms with Crippen molar-refractivity contribution in [2.45, 2.75) is 13.1 Å². The summed E-state index contributed by atoms with van der Waals surface area (Å²) in [5.74, 6) is -2.76. The Kier molecular flexibility index (Phi) is 4.84. The highest BCUT2D eigenvalue weighted by atomic mass is 19.4. The van der Waals surface area contributed by atoms with Crippen LogP contribution in [0.5, 0.6) is 0 Å². The minimum Gasteiger partial charge on any atom is -0.459 e. The summed E-state index contributed by atoms with van der Waals surface area (Å²) in [5, 5.41) is 12.5. The van der Waals surface area contributed by atoms with Gasteiger partial charge >= 0.3 is 23.7 Å². The molecule has 1 aromatic rings. The molecule has 0 heterocycles. The summed E-state index contributed by atoms with van der Waals surface area (Å²) in [6.45, 7) is 1.29. The number of nitro benzene ring substituents is 1. The molecule has 1 amide bonds. The third-order valence-corrected chi connectivity index (χ3v) is 2.23. The van der Waals surface area contributed by atoms with Crippen LogP contribution in [0.25, 0.3) is 0 Å². The molecule has 0 aliphatic rings. The van der Waals surface area contributed by atoms with E-state index < -0.39 is 39.9 Å². The number of nitrogens with one attached hydrogen (secondary N) is 1. The summed E-state index contributed by atoms with van der Waals surface area (Å²) >= 11 is 0.